The molecule has 1 heterocycles. The summed E-state index contributed by atoms with van der Waals surface area (Å²) in [6.07, 6.45) is 1.07. The number of benzene rings is 1. The second-order valence-corrected chi connectivity index (χ2v) is 7.66. The molecule has 1 aromatic carbocycles. The fraction of sp³-hybridized carbons (Fsp3) is 0.294. The van der Waals surface area contributed by atoms with Gasteiger partial charge in [0.1, 0.15) is 5.82 Å². The molecule has 8 heteroatoms. The number of rotatable bonds is 6. The van der Waals surface area contributed by atoms with Crippen molar-refractivity contribution in [1.29, 1.82) is 0 Å². The minimum atomic E-state index is -3.25. The number of pyridine rings is 1. The summed E-state index contributed by atoms with van der Waals surface area (Å²) in [6, 6.07) is 8.99. The monoisotopic (exact) mass is 362 g/mol. The molecule has 0 radical (unpaired) electrons. The first-order chi connectivity index (χ1) is 11.7. The molecule has 0 unspecified atom stereocenters. The predicted molar refractivity (Wildman–Crippen MR) is 98.7 cm³/mol. The zero-order valence-electron chi connectivity index (χ0n) is 14.5. The maximum atomic E-state index is 12.1. The van der Waals surface area contributed by atoms with E-state index in [2.05, 4.69) is 15.0 Å². The number of aryl methyl sites for hydroxylation is 2. The summed E-state index contributed by atoms with van der Waals surface area (Å²) >= 11 is 0. The SMILES string of the molecule is Cc1cc(N)nc(C)c1-c1ccc(C(=O)NCCNS(C)(=O)=O)cc1. The summed E-state index contributed by atoms with van der Waals surface area (Å²) in [5.74, 6) is 0.225. The lowest BCUT2D eigenvalue weighted by atomic mass is 9.98. The number of nitrogens with zero attached hydrogens (tertiary/aromatic N) is 1. The smallest absolute Gasteiger partial charge is 0.251 e. The molecule has 7 nitrogen and oxygen atoms in total. The first kappa shape index (κ1) is 18.9. The number of carbonyl (C=O) groups excluding carboxylic acids is 1. The maximum Gasteiger partial charge on any atom is 0.251 e. The first-order valence-corrected chi connectivity index (χ1v) is 9.63. The van der Waals surface area contributed by atoms with Crippen molar-refractivity contribution in [3.63, 3.8) is 0 Å². The van der Waals surface area contributed by atoms with Crippen LogP contribution in [0, 0.1) is 13.8 Å². The molecule has 0 saturated carbocycles. The molecule has 2 aromatic rings. The Hall–Kier alpha value is -2.45. The zero-order chi connectivity index (χ0) is 18.6. The molecule has 25 heavy (non-hydrogen) atoms. The highest BCUT2D eigenvalue weighted by atomic mass is 32.2. The minimum Gasteiger partial charge on any atom is -0.384 e. The summed E-state index contributed by atoms with van der Waals surface area (Å²) < 4.78 is 24.2. The molecule has 0 atom stereocenters. The van der Waals surface area contributed by atoms with E-state index in [4.69, 9.17) is 5.73 Å². The van der Waals surface area contributed by atoms with Crippen LogP contribution in [0.2, 0.25) is 0 Å². The van der Waals surface area contributed by atoms with E-state index in [1.807, 2.05) is 32.0 Å². The van der Waals surface area contributed by atoms with Crippen LogP contribution in [0.15, 0.2) is 30.3 Å². The fourth-order valence-corrected chi connectivity index (χ4v) is 3.07. The number of aromatic nitrogens is 1. The van der Waals surface area contributed by atoms with Crippen molar-refractivity contribution in [3.05, 3.63) is 47.2 Å². The van der Waals surface area contributed by atoms with Gasteiger partial charge in [-0.2, -0.15) is 0 Å². The predicted octanol–water partition coefficient (Wildman–Crippen LogP) is 1.23. The molecular formula is C17H22N4O3S. The van der Waals surface area contributed by atoms with Gasteiger partial charge >= 0.3 is 0 Å². The quantitative estimate of drug-likeness (QED) is 0.669. The van der Waals surface area contributed by atoms with Crippen LogP contribution < -0.4 is 15.8 Å². The van der Waals surface area contributed by atoms with Crippen molar-refractivity contribution >= 4 is 21.7 Å². The Bertz CT molecular complexity index is 854. The summed E-state index contributed by atoms with van der Waals surface area (Å²) in [6.45, 7) is 4.23. The molecule has 0 fully saturated rings. The van der Waals surface area contributed by atoms with Crippen molar-refractivity contribution in [2.45, 2.75) is 13.8 Å². The molecule has 0 aliphatic rings. The Labute approximate surface area is 147 Å². The van der Waals surface area contributed by atoms with Gasteiger partial charge < -0.3 is 11.1 Å². The van der Waals surface area contributed by atoms with Gasteiger partial charge in [0.05, 0.1) is 6.26 Å². The molecule has 1 amide bonds. The maximum absolute atomic E-state index is 12.1. The van der Waals surface area contributed by atoms with Crippen LogP contribution in [0.25, 0.3) is 11.1 Å². The van der Waals surface area contributed by atoms with Gasteiger partial charge in [0.15, 0.2) is 0 Å². The van der Waals surface area contributed by atoms with Gasteiger partial charge in [-0.05, 0) is 43.2 Å². The van der Waals surface area contributed by atoms with Crippen LogP contribution in [-0.4, -0.2) is 38.7 Å². The fourth-order valence-electron chi connectivity index (χ4n) is 2.60. The number of nitrogens with one attached hydrogen (secondary N) is 2. The van der Waals surface area contributed by atoms with Gasteiger partial charge in [-0.25, -0.2) is 18.1 Å². The van der Waals surface area contributed by atoms with Gasteiger partial charge in [-0.1, -0.05) is 12.1 Å². The molecule has 0 aliphatic carbocycles. The van der Waals surface area contributed by atoms with E-state index in [9.17, 15) is 13.2 Å². The van der Waals surface area contributed by atoms with Crippen LogP contribution in [-0.2, 0) is 10.0 Å². The number of amides is 1. The van der Waals surface area contributed by atoms with Gasteiger partial charge in [-0.15, -0.1) is 0 Å². The van der Waals surface area contributed by atoms with Crippen LogP contribution >= 0.6 is 0 Å². The van der Waals surface area contributed by atoms with Crippen LogP contribution in [0.5, 0.6) is 0 Å². The van der Waals surface area contributed by atoms with Gasteiger partial charge in [0.2, 0.25) is 10.0 Å². The third kappa shape index (κ3) is 5.27. The van der Waals surface area contributed by atoms with Gasteiger partial charge in [0, 0.05) is 29.9 Å². The highest BCUT2D eigenvalue weighted by Crippen LogP contribution is 2.27. The van der Waals surface area contributed by atoms with Crippen molar-refractivity contribution in [2.24, 2.45) is 0 Å². The van der Waals surface area contributed by atoms with Crippen LogP contribution in [0.4, 0.5) is 5.82 Å². The van der Waals surface area contributed by atoms with E-state index < -0.39 is 10.0 Å². The number of carbonyl (C=O) groups is 1. The number of hydrogen-bond acceptors (Lipinski definition) is 5. The molecule has 2 rings (SSSR count). The van der Waals surface area contributed by atoms with Crippen LogP contribution in [0.3, 0.4) is 0 Å². The van der Waals surface area contributed by atoms with Crippen molar-refractivity contribution in [1.82, 2.24) is 15.0 Å². The molecule has 134 valence electrons. The lowest BCUT2D eigenvalue weighted by Gasteiger charge is -2.11. The average Bonchev–Trinajstić information content (AvgIpc) is 2.50. The molecule has 0 spiro atoms. The van der Waals surface area contributed by atoms with E-state index in [1.54, 1.807) is 12.1 Å². The second kappa shape index (κ2) is 7.62. The molecule has 0 aliphatic heterocycles. The zero-order valence-corrected chi connectivity index (χ0v) is 15.3. The summed E-state index contributed by atoms with van der Waals surface area (Å²) in [4.78, 5) is 16.4. The Morgan fingerprint density at radius 2 is 1.80 bits per heavy atom. The summed E-state index contributed by atoms with van der Waals surface area (Å²) in [5.41, 5.74) is 10.1. The van der Waals surface area contributed by atoms with Crippen molar-refractivity contribution < 1.29 is 13.2 Å². The highest BCUT2D eigenvalue weighted by Gasteiger charge is 2.10. The molecule has 0 saturated heterocycles. The number of sulfonamides is 1. The topological polar surface area (TPSA) is 114 Å². The van der Waals surface area contributed by atoms with Crippen LogP contribution in [0.1, 0.15) is 21.6 Å². The second-order valence-electron chi connectivity index (χ2n) is 5.82. The number of anilines is 1. The normalized spacial score (nSPS) is 11.3. The van der Waals surface area contributed by atoms with Crippen molar-refractivity contribution in [3.8, 4) is 11.1 Å². The Balaban J connectivity index is 2.06. The summed E-state index contributed by atoms with van der Waals surface area (Å²) in [7, 11) is -3.25. The van der Waals surface area contributed by atoms with E-state index in [0.717, 1.165) is 28.6 Å². The van der Waals surface area contributed by atoms with E-state index in [0.29, 0.717) is 11.4 Å². The van der Waals surface area contributed by atoms with E-state index in [1.165, 1.54) is 0 Å². The molecule has 1 aromatic heterocycles. The number of hydrogen-bond donors (Lipinski definition) is 3. The standard InChI is InChI=1S/C17H22N4O3S/c1-11-10-15(18)21-12(2)16(11)13-4-6-14(7-5-13)17(22)19-8-9-20-25(3,23)24/h4-7,10,20H,8-9H2,1-3H3,(H2,18,21)(H,19,22). The van der Waals surface area contributed by atoms with E-state index >= 15 is 0 Å². The first-order valence-electron chi connectivity index (χ1n) is 7.74. The molecular weight excluding hydrogens is 340 g/mol. The molecule has 4 N–H and O–H groups in total. The van der Waals surface area contributed by atoms with Gasteiger partial charge in [0.25, 0.3) is 5.91 Å². The number of nitrogens with two attached hydrogens (primary N) is 1. The largest absolute Gasteiger partial charge is 0.384 e. The summed E-state index contributed by atoms with van der Waals surface area (Å²) in [5, 5.41) is 2.67. The van der Waals surface area contributed by atoms with E-state index in [-0.39, 0.29) is 19.0 Å². The Kier molecular flexibility index (Phi) is 5.76. The third-order valence-corrected chi connectivity index (χ3v) is 4.36. The highest BCUT2D eigenvalue weighted by molar-refractivity contribution is 7.88. The lowest BCUT2D eigenvalue weighted by molar-refractivity contribution is 0.0954. The van der Waals surface area contributed by atoms with Crippen molar-refractivity contribution in [2.75, 3.05) is 25.1 Å². The minimum absolute atomic E-state index is 0.151. The Morgan fingerprint density at radius 3 is 2.36 bits per heavy atom. The Morgan fingerprint density at radius 1 is 1.16 bits per heavy atom. The molecule has 0 bridgehead atoms. The lowest BCUT2D eigenvalue weighted by Crippen LogP contribution is -2.34. The average molecular weight is 362 g/mol. The van der Waals surface area contributed by atoms with Gasteiger partial charge in [-0.3, -0.25) is 4.79 Å². The number of nitrogen functional groups attached to an aromatic ring is 1. The third-order valence-electron chi connectivity index (χ3n) is 3.63.